The van der Waals surface area contributed by atoms with Crippen molar-refractivity contribution < 1.29 is 0 Å². The maximum Gasteiger partial charge on any atom is 0.0137 e. The second kappa shape index (κ2) is 5.36. The molecule has 0 aliphatic carbocycles. The molecule has 1 nitrogen and oxygen atoms in total. The van der Waals surface area contributed by atoms with Crippen LogP contribution in [0.3, 0.4) is 0 Å². The molecule has 0 bridgehead atoms. The Morgan fingerprint density at radius 3 is 2.42 bits per heavy atom. The van der Waals surface area contributed by atoms with Gasteiger partial charge < -0.3 is 5.32 Å². The van der Waals surface area contributed by atoms with Gasteiger partial charge in [-0.25, -0.2) is 0 Å². The van der Waals surface area contributed by atoms with Gasteiger partial charge in [-0.2, -0.15) is 0 Å². The van der Waals surface area contributed by atoms with E-state index in [-0.39, 0.29) is 0 Å². The first-order valence-corrected chi connectivity index (χ1v) is 5.10. The van der Waals surface area contributed by atoms with Crippen LogP contribution in [0, 0.1) is 5.41 Å². The van der Waals surface area contributed by atoms with Gasteiger partial charge in [0.25, 0.3) is 0 Å². The van der Waals surface area contributed by atoms with E-state index in [1.807, 2.05) is 13.8 Å². The zero-order valence-electron chi connectivity index (χ0n) is 9.15. The van der Waals surface area contributed by atoms with Crippen molar-refractivity contribution in [2.45, 2.75) is 47.1 Å². The number of rotatable bonds is 1. The van der Waals surface area contributed by atoms with E-state index < -0.39 is 0 Å². The highest BCUT2D eigenvalue weighted by atomic mass is 14.9. The van der Waals surface area contributed by atoms with E-state index in [1.165, 1.54) is 6.42 Å². The minimum atomic E-state index is 0.387. The van der Waals surface area contributed by atoms with Crippen molar-refractivity contribution in [2.24, 2.45) is 5.41 Å². The van der Waals surface area contributed by atoms with Gasteiger partial charge in [-0.3, -0.25) is 0 Å². The molecule has 1 heteroatoms. The highest BCUT2D eigenvalue weighted by molar-refractivity contribution is 5.06. The average Bonchev–Trinajstić information content (AvgIpc) is 2.14. The number of hydrogen-bond acceptors (Lipinski definition) is 1. The summed E-state index contributed by atoms with van der Waals surface area (Å²) in [5.74, 6) is 0. The van der Waals surface area contributed by atoms with Crippen LogP contribution >= 0.6 is 0 Å². The molecule has 0 aromatic carbocycles. The second-order valence-electron chi connectivity index (χ2n) is 3.39. The molecule has 0 fully saturated rings. The summed E-state index contributed by atoms with van der Waals surface area (Å²) in [6, 6.07) is 0.627. The first kappa shape index (κ1) is 11.7. The quantitative estimate of drug-likeness (QED) is 0.595. The molecule has 1 aliphatic rings. The van der Waals surface area contributed by atoms with Crippen LogP contribution in [0.4, 0.5) is 0 Å². The summed E-state index contributed by atoms with van der Waals surface area (Å²) in [5, 5.41) is 3.44. The van der Waals surface area contributed by atoms with Crippen LogP contribution in [0.25, 0.3) is 0 Å². The molecular formula is C11H23N. The predicted octanol–water partition coefficient (Wildman–Crippen LogP) is 2.98. The van der Waals surface area contributed by atoms with Crippen LogP contribution in [-0.4, -0.2) is 12.6 Å². The number of nitrogens with one attached hydrogen (secondary N) is 1. The van der Waals surface area contributed by atoms with Gasteiger partial charge >= 0.3 is 0 Å². The molecule has 1 heterocycles. The first-order valence-electron chi connectivity index (χ1n) is 5.10. The monoisotopic (exact) mass is 169 g/mol. The van der Waals surface area contributed by atoms with Gasteiger partial charge in [-0.15, -0.1) is 0 Å². The third-order valence-electron chi connectivity index (χ3n) is 2.79. The SMILES string of the molecule is CC.CC[C@@]1(C)C=CCNC1C. The molecule has 0 radical (unpaired) electrons. The van der Waals surface area contributed by atoms with Crippen molar-refractivity contribution in [3.8, 4) is 0 Å². The van der Waals surface area contributed by atoms with Crippen LogP contribution in [0.1, 0.15) is 41.0 Å². The van der Waals surface area contributed by atoms with Gasteiger partial charge in [0.05, 0.1) is 0 Å². The van der Waals surface area contributed by atoms with E-state index in [0.717, 1.165) is 6.54 Å². The van der Waals surface area contributed by atoms with Gasteiger partial charge in [0, 0.05) is 18.0 Å². The van der Waals surface area contributed by atoms with Crippen molar-refractivity contribution >= 4 is 0 Å². The smallest absolute Gasteiger partial charge is 0.0137 e. The summed E-state index contributed by atoms with van der Waals surface area (Å²) in [4.78, 5) is 0. The largest absolute Gasteiger partial charge is 0.310 e. The van der Waals surface area contributed by atoms with E-state index >= 15 is 0 Å². The Labute approximate surface area is 77.2 Å². The Morgan fingerprint density at radius 1 is 1.50 bits per heavy atom. The normalized spacial score (nSPS) is 33.9. The Bertz CT molecular complexity index is 140. The fourth-order valence-electron chi connectivity index (χ4n) is 1.37. The molecule has 0 saturated carbocycles. The van der Waals surface area contributed by atoms with Gasteiger partial charge in [0.15, 0.2) is 0 Å². The highest BCUT2D eigenvalue weighted by Gasteiger charge is 2.27. The molecule has 1 aliphatic heterocycles. The molecule has 72 valence electrons. The summed E-state index contributed by atoms with van der Waals surface area (Å²) in [6.45, 7) is 11.8. The Hall–Kier alpha value is -0.300. The average molecular weight is 169 g/mol. The van der Waals surface area contributed by atoms with E-state index in [2.05, 4.69) is 38.2 Å². The molecule has 1 rings (SSSR count). The van der Waals surface area contributed by atoms with Crippen molar-refractivity contribution in [3.63, 3.8) is 0 Å². The summed E-state index contributed by atoms with van der Waals surface area (Å²) in [5.41, 5.74) is 0.387. The molecule has 1 N–H and O–H groups in total. The maximum atomic E-state index is 3.44. The van der Waals surface area contributed by atoms with Gasteiger partial charge in [-0.1, -0.05) is 39.8 Å². The van der Waals surface area contributed by atoms with E-state index in [1.54, 1.807) is 0 Å². The van der Waals surface area contributed by atoms with Crippen molar-refractivity contribution in [1.29, 1.82) is 0 Å². The molecule has 1 unspecified atom stereocenters. The summed E-state index contributed by atoms with van der Waals surface area (Å²) in [7, 11) is 0. The van der Waals surface area contributed by atoms with Gasteiger partial charge in [-0.05, 0) is 13.3 Å². The summed E-state index contributed by atoms with van der Waals surface area (Å²) in [6.07, 6.45) is 5.79. The van der Waals surface area contributed by atoms with E-state index in [9.17, 15) is 0 Å². The Kier molecular flexibility index (Phi) is 5.23. The summed E-state index contributed by atoms with van der Waals surface area (Å²) < 4.78 is 0. The molecule has 0 aromatic heterocycles. The van der Waals surface area contributed by atoms with E-state index in [0.29, 0.717) is 11.5 Å². The Morgan fingerprint density at radius 2 is 2.08 bits per heavy atom. The second-order valence-corrected chi connectivity index (χ2v) is 3.39. The third kappa shape index (κ3) is 2.63. The van der Waals surface area contributed by atoms with Crippen LogP contribution in [0.5, 0.6) is 0 Å². The van der Waals surface area contributed by atoms with Crippen molar-refractivity contribution in [3.05, 3.63) is 12.2 Å². The molecule has 2 atom stereocenters. The highest BCUT2D eigenvalue weighted by Crippen LogP contribution is 2.29. The molecule has 12 heavy (non-hydrogen) atoms. The lowest BCUT2D eigenvalue weighted by atomic mass is 9.79. The van der Waals surface area contributed by atoms with Crippen molar-refractivity contribution in [1.82, 2.24) is 5.32 Å². The maximum absolute atomic E-state index is 3.44. The standard InChI is InChI=1S/C9H17N.C2H6/c1-4-9(3)6-5-7-10-8(9)2;1-2/h5-6,8,10H,4,7H2,1-3H3;1-2H3/t8?,9-;/m0./s1. The number of hydrogen-bond donors (Lipinski definition) is 1. The molecule has 0 aromatic rings. The minimum absolute atomic E-state index is 0.387. The van der Waals surface area contributed by atoms with Crippen LogP contribution in [0.15, 0.2) is 12.2 Å². The van der Waals surface area contributed by atoms with Gasteiger partial charge in [0.1, 0.15) is 0 Å². The fraction of sp³-hybridized carbons (Fsp3) is 0.818. The molecule has 0 spiro atoms. The molecule has 0 amide bonds. The zero-order chi connectivity index (χ0) is 9.61. The first-order chi connectivity index (χ1) is 5.69. The van der Waals surface area contributed by atoms with E-state index in [4.69, 9.17) is 0 Å². The fourth-order valence-corrected chi connectivity index (χ4v) is 1.37. The van der Waals surface area contributed by atoms with Crippen LogP contribution < -0.4 is 5.32 Å². The topological polar surface area (TPSA) is 12.0 Å². The predicted molar refractivity (Wildman–Crippen MR) is 56.4 cm³/mol. The lowest BCUT2D eigenvalue weighted by molar-refractivity contribution is 0.283. The lowest BCUT2D eigenvalue weighted by Gasteiger charge is -2.35. The third-order valence-corrected chi connectivity index (χ3v) is 2.79. The zero-order valence-corrected chi connectivity index (χ0v) is 9.15. The minimum Gasteiger partial charge on any atom is -0.310 e. The van der Waals surface area contributed by atoms with Crippen LogP contribution in [0.2, 0.25) is 0 Å². The Balaban J connectivity index is 0.000000561. The van der Waals surface area contributed by atoms with Crippen LogP contribution in [-0.2, 0) is 0 Å². The van der Waals surface area contributed by atoms with Gasteiger partial charge in [0.2, 0.25) is 0 Å². The molecular weight excluding hydrogens is 146 g/mol. The molecule has 0 saturated heterocycles. The van der Waals surface area contributed by atoms with Crippen molar-refractivity contribution in [2.75, 3.05) is 6.54 Å². The lowest BCUT2D eigenvalue weighted by Crippen LogP contribution is -2.42. The summed E-state index contributed by atoms with van der Waals surface area (Å²) >= 11 is 0.